The monoisotopic (exact) mass is 442 g/mol. The molecule has 2 N–H and O–H groups in total. The molecule has 1 aromatic heterocycles. The Kier molecular flexibility index (Phi) is 6.72. The summed E-state index contributed by atoms with van der Waals surface area (Å²) < 4.78 is 5.57. The van der Waals surface area contributed by atoms with Crippen molar-refractivity contribution in [2.24, 2.45) is 0 Å². The molecule has 0 atom stereocenters. The topological polar surface area (TPSA) is 79.9 Å². The predicted molar refractivity (Wildman–Crippen MR) is 118 cm³/mol. The van der Waals surface area contributed by atoms with E-state index in [1.807, 2.05) is 42.5 Å². The highest BCUT2D eigenvalue weighted by Gasteiger charge is 2.35. The Morgan fingerprint density at radius 2 is 2.00 bits per heavy atom. The first kappa shape index (κ1) is 20.9. The molecule has 3 aromatic rings. The van der Waals surface area contributed by atoms with E-state index in [-0.39, 0.29) is 11.3 Å². The highest BCUT2D eigenvalue weighted by Crippen LogP contribution is 2.35. The van der Waals surface area contributed by atoms with Crippen LogP contribution in [0.5, 0.6) is 0 Å². The number of carbonyl (C=O) groups is 1. The third-order valence-corrected chi connectivity index (χ3v) is 6.64. The molecule has 2 heterocycles. The van der Waals surface area contributed by atoms with Gasteiger partial charge in [0.1, 0.15) is 6.33 Å². The van der Waals surface area contributed by atoms with Gasteiger partial charge in [-0.3, -0.25) is 9.89 Å². The molecule has 2 aromatic carbocycles. The minimum atomic E-state index is -0.160. The van der Waals surface area contributed by atoms with Crippen LogP contribution in [0.3, 0.4) is 0 Å². The van der Waals surface area contributed by atoms with Crippen molar-refractivity contribution < 1.29 is 9.53 Å². The SMILES string of the molecule is O=C(NCC1(c2cccc(Cl)c2)CCOCC1)c1ccc(CSc2ncn[nH]2)cc1. The molecule has 30 heavy (non-hydrogen) atoms. The van der Waals surface area contributed by atoms with Gasteiger partial charge in [-0.15, -0.1) is 0 Å². The van der Waals surface area contributed by atoms with E-state index in [0.29, 0.717) is 30.3 Å². The van der Waals surface area contributed by atoms with Crippen LogP contribution in [0.2, 0.25) is 5.02 Å². The lowest BCUT2D eigenvalue weighted by Crippen LogP contribution is -2.44. The van der Waals surface area contributed by atoms with Crippen molar-refractivity contribution in [3.05, 3.63) is 76.6 Å². The summed E-state index contributed by atoms with van der Waals surface area (Å²) in [6, 6.07) is 15.6. The number of nitrogens with zero attached hydrogens (tertiary/aromatic N) is 2. The van der Waals surface area contributed by atoms with Gasteiger partial charge in [0.2, 0.25) is 0 Å². The molecule has 1 aliphatic rings. The van der Waals surface area contributed by atoms with E-state index >= 15 is 0 Å². The van der Waals surface area contributed by atoms with E-state index in [1.165, 1.54) is 6.33 Å². The molecule has 8 heteroatoms. The lowest BCUT2D eigenvalue weighted by atomic mass is 9.74. The highest BCUT2D eigenvalue weighted by molar-refractivity contribution is 7.98. The molecule has 1 amide bonds. The van der Waals surface area contributed by atoms with Crippen LogP contribution in [0.15, 0.2) is 60.0 Å². The van der Waals surface area contributed by atoms with Gasteiger partial charge < -0.3 is 10.1 Å². The van der Waals surface area contributed by atoms with Crippen molar-refractivity contribution in [1.82, 2.24) is 20.5 Å². The summed E-state index contributed by atoms with van der Waals surface area (Å²) in [5, 5.41) is 11.3. The van der Waals surface area contributed by atoms with Crippen molar-refractivity contribution in [1.29, 1.82) is 0 Å². The van der Waals surface area contributed by atoms with Crippen LogP contribution in [0.25, 0.3) is 0 Å². The average Bonchev–Trinajstić information content (AvgIpc) is 3.31. The van der Waals surface area contributed by atoms with Crippen LogP contribution in [0.4, 0.5) is 0 Å². The fourth-order valence-electron chi connectivity index (χ4n) is 3.67. The number of aromatic amines is 1. The maximum absolute atomic E-state index is 12.8. The lowest BCUT2D eigenvalue weighted by Gasteiger charge is -2.38. The number of rotatable bonds is 7. The summed E-state index contributed by atoms with van der Waals surface area (Å²) in [4.78, 5) is 16.9. The number of halogens is 1. The highest BCUT2D eigenvalue weighted by atomic mass is 35.5. The van der Waals surface area contributed by atoms with E-state index in [1.54, 1.807) is 11.8 Å². The van der Waals surface area contributed by atoms with E-state index in [2.05, 4.69) is 26.6 Å². The van der Waals surface area contributed by atoms with E-state index in [9.17, 15) is 4.79 Å². The minimum absolute atomic E-state index is 0.0719. The second-order valence-corrected chi connectivity index (χ2v) is 8.76. The Hall–Kier alpha value is -2.35. The number of nitrogens with one attached hydrogen (secondary N) is 2. The van der Waals surface area contributed by atoms with Gasteiger partial charge in [-0.1, -0.05) is 47.6 Å². The Morgan fingerprint density at radius 1 is 1.20 bits per heavy atom. The number of thioether (sulfide) groups is 1. The van der Waals surface area contributed by atoms with Crippen LogP contribution in [-0.4, -0.2) is 40.8 Å². The van der Waals surface area contributed by atoms with Crippen LogP contribution in [0.1, 0.15) is 34.3 Å². The first-order chi connectivity index (χ1) is 14.6. The minimum Gasteiger partial charge on any atom is -0.381 e. The van der Waals surface area contributed by atoms with Crippen LogP contribution in [-0.2, 0) is 15.9 Å². The summed E-state index contributed by atoms with van der Waals surface area (Å²) in [5.74, 6) is 0.687. The van der Waals surface area contributed by atoms with E-state index in [0.717, 1.165) is 34.9 Å². The quantitative estimate of drug-likeness (QED) is 0.535. The zero-order valence-corrected chi connectivity index (χ0v) is 18.0. The summed E-state index contributed by atoms with van der Waals surface area (Å²) in [7, 11) is 0. The molecule has 0 radical (unpaired) electrons. The fraction of sp³-hybridized carbons (Fsp3) is 0.318. The normalized spacial score (nSPS) is 15.6. The number of H-pyrrole nitrogens is 1. The summed E-state index contributed by atoms with van der Waals surface area (Å²) in [6.07, 6.45) is 3.20. The summed E-state index contributed by atoms with van der Waals surface area (Å²) in [5.41, 5.74) is 2.76. The number of hydrogen-bond donors (Lipinski definition) is 2. The smallest absolute Gasteiger partial charge is 0.251 e. The molecule has 4 rings (SSSR count). The van der Waals surface area contributed by atoms with Crippen molar-refractivity contribution in [3.8, 4) is 0 Å². The predicted octanol–water partition coefficient (Wildman–Crippen LogP) is 4.23. The van der Waals surface area contributed by atoms with Gasteiger partial charge in [-0.25, -0.2) is 4.98 Å². The number of hydrogen-bond acceptors (Lipinski definition) is 5. The Labute approximate surface area is 184 Å². The van der Waals surface area contributed by atoms with E-state index in [4.69, 9.17) is 16.3 Å². The number of amides is 1. The molecule has 0 bridgehead atoms. The van der Waals surface area contributed by atoms with Crippen molar-refractivity contribution in [3.63, 3.8) is 0 Å². The van der Waals surface area contributed by atoms with Gasteiger partial charge in [0, 0.05) is 41.5 Å². The van der Waals surface area contributed by atoms with Gasteiger partial charge >= 0.3 is 0 Å². The van der Waals surface area contributed by atoms with Gasteiger partial charge in [0.15, 0.2) is 5.16 Å². The third-order valence-electron chi connectivity index (χ3n) is 5.46. The third kappa shape index (κ3) is 5.03. The van der Waals surface area contributed by atoms with Gasteiger partial charge in [0.25, 0.3) is 5.91 Å². The number of carbonyl (C=O) groups excluding carboxylic acids is 1. The van der Waals surface area contributed by atoms with Gasteiger partial charge in [0.05, 0.1) is 0 Å². The van der Waals surface area contributed by atoms with Crippen LogP contribution in [0, 0.1) is 0 Å². The molecule has 0 aliphatic carbocycles. The second kappa shape index (κ2) is 9.64. The second-order valence-electron chi connectivity index (χ2n) is 7.36. The van der Waals surface area contributed by atoms with Gasteiger partial charge in [-0.2, -0.15) is 5.10 Å². The molecular weight excluding hydrogens is 420 g/mol. The van der Waals surface area contributed by atoms with Crippen LogP contribution < -0.4 is 5.32 Å². The first-order valence-electron chi connectivity index (χ1n) is 9.84. The maximum atomic E-state index is 12.8. The molecule has 0 saturated carbocycles. The van der Waals surface area contributed by atoms with Gasteiger partial charge in [-0.05, 0) is 48.2 Å². The first-order valence-corrected chi connectivity index (χ1v) is 11.2. The summed E-state index contributed by atoms with van der Waals surface area (Å²) in [6.45, 7) is 1.92. The average molecular weight is 443 g/mol. The molecule has 1 saturated heterocycles. The Bertz CT molecular complexity index is 973. The molecule has 156 valence electrons. The van der Waals surface area contributed by atoms with Crippen molar-refractivity contribution >= 4 is 29.3 Å². The van der Waals surface area contributed by atoms with Crippen molar-refractivity contribution in [2.45, 2.75) is 29.2 Å². The van der Waals surface area contributed by atoms with Crippen LogP contribution >= 0.6 is 23.4 Å². The number of benzene rings is 2. The Morgan fingerprint density at radius 3 is 2.70 bits per heavy atom. The molecule has 0 unspecified atom stereocenters. The fourth-order valence-corrected chi connectivity index (χ4v) is 4.59. The largest absolute Gasteiger partial charge is 0.381 e. The summed E-state index contributed by atoms with van der Waals surface area (Å²) >= 11 is 7.80. The Balaban J connectivity index is 1.39. The zero-order chi connectivity index (χ0) is 20.8. The number of ether oxygens (including phenoxy) is 1. The molecule has 1 aliphatic heterocycles. The molecule has 0 spiro atoms. The zero-order valence-electron chi connectivity index (χ0n) is 16.4. The lowest BCUT2D eigenvalue weighted by molar-refractivity contribution is 0.0487. The van der Waals surface area contributed by atoms with Crippen molar-refractivity contribution in [2.75, 3.05) is 19.8 Å². The molecule has 1 fully saturated rings. The number of aromatic nitrogens is 3. The molecular formula is C22H23ClN4O2S. The standard InChI is InChI=1S/C22H23ClN4O2S/c23-19-3-1-2-18(12-19)22(8-10-29-11-9-22)14-24-20(28)17-6-4-16(5-7-17)13-30-21-25-15-26-27-21/h1-7,12,15H,8-11,13-14H2,(H,24,28)(H,25,26,27). The van der Waals surface area contributed by atoms with E-state index < -0.39 is 0 Å². The maximum Gasteiger partial charge on any atom is 0.251 e. The molecule has 6 nitrogen and oxygen atoms in total.